The van der Waals surface area contributed by atoms with E-state index in [9.17, 15) is 8.42 Å². The minimum atomic E-state index is -3.67. The van der Waals surface area contributed by atoms with Crippen molar-refractivity contribution in [1.29, 1.82) is 10.7 Å². The number of hydrogen-bond donors (Lipinski definition) is 1. The molecule has 0 saturated carbocycles. The summed E-state index contributed by atoms with van der Waals surface area (Å²) in [4.78, 5) is 7.81. The molecule has 0 amide bonds. The predicted octanol–water partition coefficient (Wildman–Crippen LogP) is 2.62. The van der Waals surface area contributed by atoms with Gasteiger partial charge in [-0.25, -0.2) is 13.4 Å². The molecule has 23 heavy (non-hydrogen) atoms. The Hall–Kier alpha value is -2.30. The largest absolute Gasteiger partial charge is 0.303 e. The molecule has 1 aromatic heterocycles. The van der Waals surface area contributed by atoms with E-state index in [1.165, 1.54) is 31.5 Å². The Labute approximate surface area is 139 Å². The summed E-state index contributed by atoms with van der Waals surface area (Å²) in [6, 6.07) is 8.03. The standard InChI is InChI=1S/C15H13ClN4O2S/c1-10(23(21,22)15-5-3-2-4-12(15)16)6-13(18)14-9-19-8-11(7-17)20-14/h2-5,8-10,18H,6H2,1H3/t10-/m0/s1. The van der Waals surface area contributed by atoms with Crippen LogP contribution in [0.4, 0.5) is 0 Å². The van der Waals surface area contributed by atoms with E-state index < -0.39 is 15.1 Å². The monoisotopic (exact) mass is 348 g/mol. The van der Waals surface area contributed by atoms with Crippen LogP contribution in [-0.2, 0) is 9.84 Å². The molecule has 8 heteroatoms. The average molecular weight is 349 g/mol. The third-order valence-electron chi connectivity index (χ3n) is 3.22. The van der Waals surface area contributed by atoms with Gasteiger partial charge in [0.2, 0.25) is 0 Å². The number of nitrogens with zero attached hydrogens (tertiary/aromatic N) is 3. The van der Waals surface area contributed by atoms with Gasteiger partial charge >= 0.3 is 0 Å². The fourth-order valence-corrected chi connectivity index (χ4v) is 3.85. The summed E-state index contributed by atoms with van der Waals surface area (Å²) in [6.07, 6.45) is 2.55. The molecule has 1 atom stereocenters. The highest BCUT2D eigenvalue weighted by molar-refractivity contribution is 7.92. The van der Waals surface area contributed by atoms with Gasteiger partial charge in [-0.05, 0) is 19.1 Å². The average Bonchev–Trinajstić information content (AvgIpc) is 2.55. The quantitative estimate of drug-likeness (QED) is 0.835. The minimum Gasteiger partial charge on any atom is -0.303 e. The molecule has 0 spiro atoms. The maximum Gasteiger partial charge on any atom is 0.182 e. The fourth-order valence-electron chi connectivity index (χ4n) is 1.96. The highest BCUT2D eigenvalue weighted by atomic mass is 35.5. The number of nitrogens with one attached hydrogen (secondary N) is 1. The number of hydrogen-bond acceptors (Lipinski definition) is 6. The highest BCUT2D eigenvalue weighted by Crippen LogP contribution is 2.26. The number of halogens is 1. The SMILES string of the molecule is C[C@@H](CC(=N)c1cncc(C#N)n1)S(=O)(=O)c1ccccc1Cl. The van der Waals surface area contributed by atoms with Gasteiger partial charge in [-0.15, -0.1) is 0 Å². The lowest BCUT2D eigenvalue weighted by Crippen LogP contribution is -2.22. The molecule has 0 aliphatic carbocycles. The predicted molar refractivity (Wildman–Crippen MR) is 86.3 cm³/mol. The molecular weight excluding hydrogens is 336 g/mol. The molecule has 2 aromatic rings. The van der Waals surface area contributed by atoms with Crippen molar-refractivity contribution in [3.05, 3.63) is 53.1 Å². The molecule has 0 aliphatic rings. The summed E-state index contributed by atoms with van der Waals surface area (Å²) in [5.41, 5.74) is 0.261. The van der Waals surface area contributed by atoms with Gasteiger partial charge in [-0.2, -0.15) is 5.26 Å². The topological polar surface area (TPSA) is 108 Å². The lowest BCUT2D eigenvalue weighted by Gasteiger charge is -2.14. The first-order valence-corrected chi connectivity index (χ1v) is 8.57. The van der Waals surface area contributed by atoms with E-state index in [2.05, 4.69) is 9.97 Å². The summed E-state index contributed by atoms with van der Waals surface area (Å²) < 4.78 is 25.1. The van der Waals surface area contributed by atoms with E-state index in [1.54, 1.807) is 12.1 Å². The third kappa shape index (κ3) is 3.73. The van der Waals surface area contributed by atoms with E-state index in [0.29, 0.717) is 0 Å². The Kier molecular flexibility index (Phi) is 5.08. The Morgan fingerprint density at radius 2 is 2.09 bits per heavy atom. The van der Waals surface area contributed by atoms with Crippen LogP contribution >= 0.6 is 11.6 Å². The van der Waals surface area contributed by atoms with Crippen LogP contribution in [0.1, 0.15) is 24.7 Å². The number of nitriles is 1. The van der Waals surface area contributed by atoms with E-state index >= 15 is 0 Å². The molecule has 1 aromatic carbocycles. The summed E-state index contributed by atoms with van der Waals surface area (Å²) in [7, 11) is -3.67. The molecule has 0 fully saturated rings. The first-order valence-electron chi connectivity index (χ1n) is 6.64. The summed E-state index contributed by atoms with van der Waals surface area (Å²) in [5, 5.41) is 16.1. The van der Waals surface area contributed by atoms with Gasteiger partial charge in [-0.3, -0.25) is 4.98 Å². The van der Waals surface area contributed by atoms with Crippen molar-refractivity contribution in [2.24, 2.45) is 0 Å². The van der Waals surface area contributed by atoms with Crippen molar-refractivity contribution >= 4 is 27.1 Å². The van der Waals surface area contributed by atoms with Crippen LogP contribution < -0.4 is 0 Å². The smallest absolute Gasteiger partial charge is 0.182 e. The fraction of sp³-hybridized carbons (Fsp3) is 0.200. The summed E-state index contributed by atoms with van der Waals surface area (Å²) in [5.74, 6) is 0. The van der Waals surface area contributed by atoms with Crippen molar-refractivity contribution in [3.63, 3.8) is 0 Å². The Morgan fingerprint density at radius 1 is 1.39 bits per heavy atom. The van der Waals surface area contributed by atoms with Gasteiger partial charge in [-0.1, -0.05) is 23.7 Å². The maximum absolute atomic E-state index is 12.6. The third-order valence-corrected chi connectivity index (χ3v) is 5.86. The van der Waals surface area contributed by atoms with Crippen molar-refractivity contribution < 1.29 is 8.42 Å². The molecule has 0 bridgehead atoms. The molecule has 1 N–H and O–H groups in total. The van der Waals surface area contributed by atoms with Crippen molar-refractivity contribution in [2.75, 3.05) is 0 Å². The summed E-state index contributed by atoms with van der Waals surface area (Å²) >= 11 is 5.95. The lowest BCUT2D eigenvalue weighted by atomic mass is 10.1. The highest BCUT2D eigenvalue weighted by Gasteiger charge is 2.27. The minimum absolute atomic E-state index is 0.00210. The Bertz CT molecular complexity index is 890. The van der Waals surface area contributed by atoms with Gasteiger partial charge < -0.3 is 5.41 Å². The zero-order valence-electron chi connectivity index (χ0n) is 12.2. The maximum atomic E-state index is 12.6. The van der Waals surface area contributed by atoms with Crippen LogP contribution in [0.2, 0.25) is 5.02 Å². The van der Waals surface area contributed by atoms with Gasteiger partial charge in [0.15, 0.2) is 15.5 Å². The first-order chi connectivity index (χ1) is 10.9. The van der Waals surface area contributed by atoms with Crippen LogP contribution in [0.25, 0.3) is 0 Å². The second kappa shape index (κ2) is 6.86. The van der Waals surface area contributed by atoms with Crippen LogP contribution in [-0.4, -0.2) is 29.3 Å². The molecule has 0 saturated heterocycles. The lowest BCUT2D eigenvalue weighted by molar-refractivity contribution is 0.584. The van der Waals surface area contributed by atoms with Crippen LogP contribution in [0.3, 0.4) is 0 Å². The van der Waals surface area contributed by atoms with Crippen molar-refractivity contribution in [1.82, 2.24) is 9.97 Å². The number of rotatable bonds is 5. The number of aromatic nitrogens is 2. The van der Waals surface area contributed by atoms with Crippen LogP contribution in [0.15, 0.2) is 41.6 Å². The molecular formula is C15H13ClN4O2S. The van der Waals surface area contributed by atoms with E-state index in [-0.39, 0.29) is 33.4 Å². The molecule has 6 nitrogen and oxygen atoms in total. The Balaban J connectivity index is 2.24. The molecule has 1 heterocycles. The van der Waals surface area contributed by atoms with Gasteiger partial charge in [0, 0.05) is 6.42 Å². The van der Waals surface area contributed by atoms with Gasteiger partial charge in [0.05, 0.1) is 33.3 Å². The second-order valence-electron chi connectivity index (χ2n) is 4.87. The van der Waals surface area contributed by atoms with Crippen molar-refractivity contribution in [3.8, 4) is 6.07 Å². The van der Waals surface area contributed by atoms with Gasteiger partial charge in [0.1, 0.15) is 11.8 Å². The van der Waals surface area contributed by atoms with E-state index in [1.807, 2.05) is 6.07 Å². The first kappa shape index (κ1) is 17.1. The molecule has 2 rings (SSSR count). The van der Waals surface area contributed by atoms with E-state index in [0.717, 1.165) is 0 Å². The zero-order valence-corrected chi connectivity index (χ0v) is 13.8. The van der Waals surface area contributed by atoms with Crippen LogP contribution in [0.5, 0.6) is 0 Å². The molecule has 0 radical (unpaired) electrons. The Morgan fingerprint density at radius 3 is 2.74 bits per heavy atom. The second-order valence-corrected chi connectivity index (χ2v) is 7.61. The number of benzene rings is 1. The van der Waals surface area contributed by atoms with Gasteiger partial charge in [0.25, 0.3) is 0 Å². The normalized spacial score (nSPS) is 12.4. The van der Waals surface area contributed by atoms with Crippen molar-refractivity contribution in [2.45, 2.75) is 23.5 Å². The zero-order chi connectivity index (χ0) is 17.0. The number of sulfone groups is 1. The van der Waals surface area contributed by atoms with E-state index in [4.69, 9.17) is 22.3 Å². The molecule has 0 unspecified atom stereocenters. The van der Waals surface area contributed by atoms with Crippen LogP contribution in [0, 0.1) is 16.7 Å². The molecule has 118 valence electrons. The summed E-state index contributed by atoms with van der Waals surface area (Å²) in [6.45, 7) is 1.51. The molecule has 0 aliphatic heterocycles.